The highest BCUT2D eigenvalue weighted by molar-refractivity contribution is 6.05. The number of aliphatic hydroxyl groups is 1. The molecular weight excluding hydrogens is 522 g/mol. The predicted octanol–water partition coefficient (Wildman–Crippen LogP) is 3.46. The van der Waals surface area contributed by atoms with Gasteiger partial charge in [0.15, 0.2) is 0 Å². The summed E-state index contributed by atoms with van der Waals surface area (Å²) in [6.45, 7) is 8.58. The number of fused-ring (bicyclic) bond motifs is 2. The minimum absolute atomic E-state index is 0.122. The second kappa shape index (κ2) is 12.0. The van der Waals surface area contributed by atoms with E-state index in [-0.39, 0.29) is 25.0 Å². The molecule has 1 aromatic rings. The molecule has 0 bridgehead atoms. The van der Waals surface area contributed by atoms with Crippen molar-refractivity contribution in [1.29, 1.82) is 0 Å². The Morgan fingerprint density at radius 3 is 2.41 bits per heavy atom. The maximum atomic E-state index is 14.5. The van der Waals surface area contributed by atoms with Crippen molar-refractivity contribution in [2.75, 3.05) is 49.2 Å². The van der Waals surface area contributed by atoms with Gasteiger partial charge in [-0.1, -0.05) is 31.2 Å². The van der Waals surface area contributed by atoms with E-state index in [0.29, 0.717) is 26.0 Å². The summed E-state index contributed by atoms with van der Waals surface area (Å²) in [5.74, 6) is -2.80. The maximum absolute atomic E-state index is 14.5. The quantitative estimate of drug-likeness (QED) is 0.381. The third-order valence-electron chi connectivity index (χ3n) is 9.23. The zero-order valence-electron chi connectivity index (χ0n) is 24.5. The van der Waals surface area contributed by atoms with Crippen molar-refractivity contribution in [2.45, 2.75) is 70.1 Å². The maximum Gasteiger partial charge on any atom is 0.313 e. The molecule has 41 heavy (non-hydrogen) atoms. The van der Waals surface area contributed by atoms with E-state index in [1.165, 1.54) is 4.90 Å². The minimum Gasteiger partial charge on any atom is -0.465 e. The second-order valence-electron chi connectivity index (χ2n) is 11.3. The number of anilines is 2. The van der Waals surface area contributed by atoms with E-state index in [9.17, 15) is 19.5 Å². The first-order chi connectivity index (χ1) is 19.9. The van der Waals surface area contributed by atoms with Crippen molar-refractivity contribution >= 4 is 29.2 Å². The lowest BCUT2D eigenvalue weighted by atomic mass is 9.73. The Kier molecular flexibility index (Phi) is 8.57. The molecule has 4 aliphatic heterocycles. The first kappa shape index (κ1) is 29.3. The van der Waals surface area contributed by atoms with Gasteiger partial charge in [0.2, 0.25) is 5.91 Å². The van der Waals surface area contributed by atoms with Gasteiger partial charge in [-0.15, -0.1) is 0 Å². The molecule has 1 N–H and O–H groups in total. The summed E-state index contributed by atoms with van der Waals surface area (Å²) < 4.78 is 12.7. The van der Waals surface area contributed by atoms with Crippen molar-refractivity contribution < 1.29 is 29.0 Å². The van der Waals surface area contributed by atoms with Crippen LogP contribution in [-0.2, 0) is 23.9 Å². The van der Waals surface area contributed by atoms with Crippen molar-refractivity contribution in [2.24, 2.45) is 11.8 Å². The van der Waals surface area contributed by atoms with Crippen LogP contribution in [0.5, 0.6) is 0 Å². The van der Waals surface area contributed by atoms with Crippen LogP contribution in [0.25, 0.3) is 0 Å². The highest BCUT2D eigenvalue weighted by Gasteiger charge is 2.75. The van der Waals surface area contributed by atoms with Crippen LogP contribution >= 0.6 is 0 Å². The fourth-order valence-corrected chi connectivity index (χ4v) is 7.18. The Bertz CT molecular complexity index is 1190. The van der Waals surface area contributed by atoms with Crippen molar-refractivity contribution in [3.05, 3.63) is 48.6 Å². The monoisotopic (exact) mass is 565 g/mol. The topological polar surface area (TPSA) is 99.6 Å². The molecule has 0 aliphatic carbocycles. The Morgan fingerprint density at radius 1 is 0.976 bits per heavy atom. The normalized spacial score (nSPS) is 32.2. The number of benzene rings is 1. The van der Waals surface area contributed by atoms with Crippen molar-refractivity contribution in [3.63, 3.8) is 0 Å². The lowest BCUT2D eigenvalue weighted by Gasteiger charge is -2.38. The fourth-order valence-electron chi connectivity index (χ4n) is 7.18. The minimum atomic E-state index is -1.34. The van der Waals surface area contributed by atoms with E-state index in [1.54, 1.807) is 4.90 Å². The molecule has 222 valence electrons. The standard InChI is InChI=1S/C32H43N3O6/c1-4-31-17-9-7-8-10-22-40-30(39)26(31)25-28(37)35(20-12-21-36)27-29(38)34(19-11-18-32(25,27)41-31)24-15-13-23(14-16-24)33(5-2)6-3/h9,11,13-18,25-27,36H,4-8,10,12,19-22H2,1-3H3/b17-9-/t25-,26+,27?,31-,32-/m0/s1. The molecule has 0 saturated carbocycles. The van der Waals surface area contributed by atoms with Crippen LogP contribution in [0.15, 0.2) is 48.6 Å². The van der Waals surface area contributed by atoms with E-state index >= 15 is 0 Å². The molecule has 1 aromatic carbocycles. The number of cyclic esters (lactones) is 1. The number of aliphatic hydroxyl groups excluding tert-OH is 1. The largest absolute Gasteiger partial charge is 0.465 e. The molecule has 4 heterocycles. The summed E-state index contributed by atoms with van der Waals surface area (Å²) >= 11 is 0. The lowest BCUT2D eigenvalue weighted by Crippen LogP contribution is -2.56. The third-order valence-corrected chi connectivity index (χ3v) is 9.23. The lowest BCUT2D eigenvalue weighted by molar-refractivity contribution is -0.160. The Morgan fingerprint density at radius 2 is 1.73 bits per heavy atom. The summed E-state index contributed by atoms with van der Waals surface area (Å²) in [7, 11) is 0. The highest BCUT2D eigenvalue weighted by atomic mass is 16.6. The number of hydrogen-bond acceptors (Lipinski definition) is 7. The molecule has 1 spiro atoms. The molecule has 5 rings (SSSR count). The molecule has 2 fully saturated rings. The van der Waals surface area contributed by atoms with Gasteiger partial charge in [-0.25, -0.2) is 0 Å². The summed E-state index contributed by atoms with van der Waals surface area (Å²) in [6.07, 6.45) is 10.9. The predicted molar refractivity (Wildman–Crippen MR) is 156 cm³/mol. The van der Waals surface area contributed by atoms with Crippen molar-refractivity contribution in [3.8, 4) is 0 Å². The Hall–Kier alpha value is -3.17. The van der Waals surface area contributed by atoms with Gasteiger partial charge in [0.1, 0.15) is 23.2 Å². The summed E-state index contributed by atoms with van der Waals surface area (Å²) in [6, 6.07) is 6.93. The number of carbonyl (C=O) groups is 3. The van der Waals surface area contributed by atoms with E-state index in [0.717, 1.165) is 43.7 Å². The van der Waals surface area contributed by atoms with Crippen LogP contribution in [0.1, 0.15) is 52.9 Å². The number of hydrogen-bond donors (Lipinski definition) is 1. The number of esters is 1. The molecule has 5 atom stereocenters. The van der Waals surface area contributed by atoms with E-state index < -0.39 is 35.0 Å². The van der Waals surface area contributed by atoms with Gasteiger partial charge in [-0.05, 0) is 70.2 Å². The van der Waals surface area contributed by atoms with Gasteiger partial charge in [0.25, 0.3) is 5.91 Å². The third kappa shape index (κ3) is 4.87. The van der Waals surface area contributed by atoms with Gasteiger partial charge >= 0.3 is 5.97 Å². The first-order valence-corrected chi connectivity index (χ1v) is 15.2. The second-order valence-corrected chi connectivity index (χ2v) is 11.3. The van der Waals surface area contributed by atoms with E-state index in [4.69, 9.17) is 9.47 Å². The van der Waals surface area contributed by atoms with E-state index in [1.807, 2.05) is 55.5 Å². The number of likely N-dealkylation sites (tertiary alicyclic amines) is 1. The van der Waals surface area contributed by atoms with Crippen LogP contribution in [-0.4, -0.2) is 84.4 Å². The van der Waals surface area contributed by atoms with Gasteiger partial charge in [-0.2, -0.15) is 0 Å². The summed E-state index contributed by atoms with van der Waals surface area (Å²) in [4.78, 5) is 48.0. The zero-order valence-corrected chi connectivity index (χ0v) is 24.5. The molecule has 1 unspecified atom stereocenters. The molecule has 0 aromatic heterocycles. The molecule has 9 heteroatoms. The SMILES string of the molecule is CCN(CC)c1ccc(N2CC=C[C@]34O[C@@]5(CC)/C=C\CCCCOC(=O)[C@H]5[C@H]3C(=O)N(CCCO)C4C2=O)cc1. The molecule has 2 amide bonds. The van der Waals surface area contributed by atoms with Gasteiger partial charge < -0.3 is 29.3 Å². The summed E-state index contributed by atoms with van der Waals surface area (Å²) in [5.41, 5.74) is -0.600. The Balaban J connectivity index is 1.59. The van der Waals surface area contributed by atoms with Crippen LogP contribution < -0.4 is 9.80 Å². The molecular formula is C32H43N3O6. The zero-order chi connectivity index (χ0) is 29.2. The number of ether oxygens (including phenoxy) is 2. The molecule has 2 saturated heterocycles. The number of rotatable bonds is 8. The molecule has 9 nitrogen and oxygen atoms in total. The highest BCUT2D eigenvalue weighted by Crippen LogP contribution is 2.58. The Labute approximate surface area is 242 Å². The summed E-state index contributed by atoms with van der Waals surface area (Å²) in [5, 5.41) is 9.64. The van der Waals surface area contributed by atoms with Gasteiger partial charge in [0, 0.05) is 44.2 Å². The van der Waals surface area contributed by atoms with Gasteiger partial charge in [-0.3, -0.25) is 14.4 Å². The van der Waals surface area contributed by atoms with Crippen LogP contribution in [0.4, 0.5) is 11.4 Å². The average Bonchev–Trinajstić information content (AvgIpc) is 3.33. The van der Waals surface area contributed by atoms with E-state index in [2.05, 4.69) is 18.7 Å². The average molecular weight is 566 g/mol. The van der Waals surface area contributed by atoms with Crippen LogP contribution in [0.2, 0.25) is 0 Å². The number of carbonyl (C=O) groups excluding carboxylic acids is 3. The number of allylic oxidation sites excluding steroid dienone is 1. The van der Waals surface area contributed by atoms with Gasteiger partial charge in [0.05, 0.1) is 12.5 Å². The fraction of sp³-hybridized carbons (Fsp3) is 0.594. The molecule has 4 aliphatic rings. The van der Waals surface area contributed by atoms with Crippen LogP contribution in [0, 0.1) is 11.8 Å². The van der Waals surface area contributed by atoms with Crippen LogP contribution in [0.3, 0.4) is 0 Å². The number of nitrogens with zero attached hydrogens (tertiary/aromatic N) is 3. The molecule has 0 radical (unpaired) electrons. The number of amides is 2. The first-order valence-electron chi connectivity index (χ1n) is 15.2. The van der Waals surface area contributed by atoms with Crippen molar-refractivity contribution in [1.82, 2.24) is 4.90 Å². The smallest absolute Gasteiger partial charge is 0.313 e.